The molecule has 1 nitrogen and oxygen atoms in total. The van der Waals surface area contributed by atoms with Gasteiger partial charge in [-0.1, -0.05) is 48.9 Å². The average molecular weight is 279 g/mol. The predicted octanol–water partition coefficient (Wildman–Crippen LogP) is 4.41. The SMILES string of the molecule is CNC(Cc1ccc2ccccc2c1)C1CC2CCC1C2. The second-order valence-electron chi connectivity index (χ2n) is 7.12. The second kappa shape index (κ2) is 5.46. The van der Waals surface area contributed by atoms with Gasteiger partial charge in [0, 0.05) is 6.04 Å². The maximum atomic E-state index is 3.63. The Morgan fingerprint density at radius 3 is 2.62 bits per heavy atom. The fraction of sp³-hybridized carbons (Fsp3) is 0.500. The van der Waals surface area contributed by atoms with Gasteiger partial charge in [-0.15, -0.1) is 0 Å². The lowest BCUT2D eigenvalue weighted by molar-refractivity contribution is 0.255. The van der Waals surface area contributed by atoms with Crippen molar-refractivity contribution in [3.05, 3.63) is 48.0 Å². The Labute approximate surface area is 127 Å². The first-order valence-corrected chi connectivity index (χ1v) is 8.48. The van der Waals surface area contributed by atoms with Crippen LogP contribution in [0.25, 0.3) is 10.8 Å². The van der Waals surface area contributed by atoms with Crippen molar-refractivity contribution in [2.75, 3.05) is 7.05 Å². The minimum absolute atomic E-state index is 0.654. The molecule has 1 N–H and O–H groups in total. The van der Waals surface area contributed by atoms with E-state index in [-0.39, 0.29) is 0 Å². The third-order valence-corrected chi connectivity index (χ3v) is 5.95. The fourth-order valence-corrected chi connectivity index (χ4v) is 4.87. The normalized spacial score (nSPS) is 29.1. The summed E-state index contributed by atoms with van der Waals surface area (Å²) in [5, 5.41) is 6.35. The molecule has 0 amide bonds. The summed E-state index contributed by atoms with van der Waals surface area (Å²) in [7, 11) is 2.15. The van der Waals surface area contributed by atoms with Gasteiger partial charge in [-0.3, -0.25) is 0 Å². The zero-order valence-corrected chi connectivity index (χ0v) is 12.9. The van der Waals surface area contributed by atoms with Gasteiger partial charge in [-0.05, 0) is 66.8 Å². The molecule has 2 aliphatic carbocycles. The Morgan fingerprint density at radius 2 is 1.90 bits per heavy atom. The van der Waals surface area contributed by atoms with E-state index in [0.717, 1.165) is 17.8 Å². The molecular formula is C20H25N. The van der Waals surface area contributed by atoms with Gasteiger partial charge in [0.1, 0.15) is 0 Å². The first-order valence-electron chi connectivity index (χ1n) is 8.48. The Balaban J connectivity index is 1.54. The number of hydrogen-bond donors (Lipinski definition) is 1. The molecule has 110 valence electrons. The summed E-state index contributed by atoms with van der Waals surface area (Å²) in [5.74, 6) is 2.93. The lowest BCUT2D eigenvalue weighted by atomic mass is 9.81. The topological polar surface area (TPSA) is 12.0 Å². The van der Waals surface area contributed by atoms with Gasteiger partial charge < -0.3 is 5.32 Å². The maximum Gasteiger partial charge on any atom is 0.0135 e. The summed E-state index contributed by atoms with van der Waals surface area (Å²) in [4.78, 5) is 0. The molecule has 0 radical (unpaired) electrons. The van der Waals surface area contributed by atoms with Crippen LogP contribution in [-0.2, 0) is 6.42 Å². The van der Waals surface area contributed by atoms with Crippen LogP contribution in [0.15, 0.2) is 42.5 Å². The second-order valence-corrected chi connectivity index (χ2v) is 7.12. The molecule has 2 fully saturated rings. The van der Waals surface area contributed by atoms with Gasteiger partial charge in [0.25, 0.3) is 0 Å². The summed E-state index contributed by atoms with van der Waals surface area (Å²) < 4.78 is 0. The summed E-state index contributed by atoms with van der Waals surface area (Å²) in [6.07, 6.45) is 7.11. The van der Waals surface area contributed by atoms with Crippen molar-refractivity contribution in [3.63, 3.8) is 0 Å². The van der Waals surface area contributed by atoms with Crippen LogP contribution in [0.1, 0.15) is 31.2 Å². The molecule has 2 saturated carbocycles. The van der Waals surface area contributed by atoms with Gasteiger partial charge in [0.05, 0.1) is 0 Å². The minimum atomic E-state index is 0.654. The van der Waals surface area contributed by atoms with Crippen molar-refractivity contribution in [1.29, 1.82) is 0 Å². The largest absolute Gasteiger partial charge is 0.316 e. The molecule has 0 spiro atoms. The predicted molar refractivity (Wildman–Crippen MR) is 89.4 cm³/mol. The number of hydrogen-bond acceptors (Lipinski definition) is 1. The third-order valence-electron chi connectivity index (χ3n) is 5.95. The minimum Gasteiger partial charge on any atom is -0.316 e. The molecule has 2 bridgehead atoms. The van der Waals surface area contributed by atoms with Crippen molar-refractivity contribution >= 4 is 10.8 Å². The molecule has 2 aromatic carbocycles. The smallest absolute Gasteiger partial charge is 0.0135 e. The molecule has 1 heteroatoms. The number of likely N-dealkylation sites (N-methyl/N-ethyl adjacent to an activating group) is 1. The van der Waals surface area contributed by atoms with Crippen molar-refractivity contribution in [1.82, 2.24) is 5.32 Å². The van der Waals surface area contributed by atoms with Crippen molar-refractivity contribution < 1.29 is 0 Å². The monoisotopic (exact) mass is 279 g/mol. The first-order chi connectivity index (χ1) is 10.3. The molecule has 0 aromatic heterocycles. The van der Waals surface area contributed by atoms with E-state index in [0.29, 0.717) is 6.04 Å². The molecule has 21 heavy (non-hydrogen) atoms. The molecule has 4 unspecified atom stereocenters. The van der Waals surface area contributed by atoms with Crippen molar-refractivity contribution in [2.45, 2.75) is 38.1 Å². The van der Waals surface area contributed by atoms with Crippen LogP contribution in [0, 0.1) is 17.8 Å². The van der Waals surface area contributed by atoms with Gasteiger partial charge >= 0.3 is 0 Å². The lowest BCUT2D eigenvalue weighted by Gasteiger charge is -2.30. The quantitative estimate of drug-likeness (QED) is 0.874. The van der Waals surface area contributed by atoms with Crippen LogP contribution in [0.4, 0.5) is 0 Å². The van der Waals surface area contributed by atoms with Crippen molar-refractivity contribution in [3.8, 4) is 0 Å². The first kappa shape index (κ1) is 13.3. The highest BCUT2D eigenvalue weighted by atomic mass is 14.9. The van der Waals surface area contributed by atoms with Crippen molar-refractivity contribution in [2.24, 2.45) is 17.8 Å². The van der Waals surface area contributed by atoms with Crippen LogP contribution in [0.5, 0.6) is 0 Å². The van der Waals surface area contributed by atoms with Gasteiger partial charge in [0.15, 0.2) is 0 Å². The van der Waals surface area contributed by atoms with Gasteiger partial charge in [0.2, 0.25) is 0 Å². The summed E-state index contributed by atoms with van der Waals surface area (Å²) in [5.41, 5.74) is 1.48. The Morgan fingerprint density at radius 1 is 1.05 bits per heavy atom. The van der Waals surface area contributed by atoms with E-state index in [9.17, 15) is 0 Å². The molecule has 2 aliphatic rings. The zero-order valence-electron chi connectivity index (χ0n) is 12.9. The van der Waals surface area contributed by atoms with E-state index in [1.165, 1.54) is 48.4 Å². The average Bonchev–Trinajstić information content (AvgIpc) is 3.15. The highest BCUT2D eigenvalue weighted by Crippen LogP contribution is 2.49. The van der Waals surface area contributed by atoms with E-state index in [4.69, 9.17) is 0 Å². The van der Waals surface area contributed by atoms with E-state index >= 15 is 0 Å². The molecular weight excluding hydrogens is 254 g/mol. The Kier molecular flexibility index (Phi) is 3.46. The van der Waals surface area contributed by atoms with E-state index < -0.39 is 0 Å². The molecule has 0 saturated heterocycles. The molecule has 2 aromatic rings. The summed E-state index contributed by atoms with van der Waals surface area (Å²) in [6.45, 7) is 0. The van der Waals surface area contributed by atoms with Crippen LogP contribution in [0.3, 0.4) is 0 Å². The number of fused-ring (bicyclic) bond motifs is 3. The molecule has 0 aliphatic heterocycles. The lowest BCUT2D eigenvalue weighted by Crippen LogP contribution is -2.38. The number of nitrogens with one attached hydrogen (secondary N) is 1. The van der Waals surface area contributed by atoms with Gasteiger partial charge in [-0.2, -0.15) is 0 Å². The molecule has 4 rings (SSSR count). The van der Waals surface area contributed by atoms with E-state index in [1.54, 1.807) is 0 Å². The summed E-state index contributed by atoms with van der Waals surface area (Å²) in [6, 6.07) is 16.3. The Bertz CT molecular complexity index is 633. The van der Waals surface area contributed by atoms with Gasteiger partial charge in [-0.25, -0.2) is 0 Å². The highest BCUT2D eigenvalue weighted by molar-refractivity contribution is 5.82. The van der Waals surface area contributed by atoms with E-state index in [1.807, 2.05) is 0 Å². The number of rotatable bonds is 4. The zero-order chi connectivity index (χ0) is 14.2. The van der Waals surface area contributed by atoms with Crippen LogP contribution in [-0.4, -0.2) is 13.1 Å². The molecule has 4 atom stereocenters. The third kappa shape index (κ3) is 2.48. The van der Waals surface area contributed by atoms with Crippen LogP contribution >= 0.6 is 0 Å². The fourth-order valence-electron chi connectivity index (χ4n) is 4.87. The highest BCUT2D eigenvalue weighted by Gasteiger charge is 2.42. The van der Waals surface area contributed by atoms with Crippen LogP contribution in [0.2, 0.25) is 0 Å². The van der Waals surface area contributed by atoms with E-state index in [2.05, 4.69) is 54.8 Å². The summed E-state index contributed by atoms with van der Waals surface area (Å²) >= 11 is 0. The Hall–Kier alpha value is -1.34. The van der Waals surface area contributed by atoms with Crippen LogP contribution < -0.4 is 5.32 Å². The maximum absolute atomic E-state index is 3.63. The standard InChI is InChI=1S/C20H25N/c1-21-20(19-12-14-7-9-18(19)11-14)13-15-6-8-16-4-2-3-5-17(16)10-15/h2-6,8,10,14,18-21H,7,9,11-13H2,1H3. The molecule has 0 heterocycles. The number of benzene rings is 2.